The Kier molecular flexibility index (Phi) is 6.76. The molecule has 172 valence electrons. The van der Waals surface area contributed by atoms with Gasteiger partial charge in [0.25, 0.3) is 5.91 Å². The van der Waals surface area contributed by atoms with E-state index in [1.54, 1.807) is 6.20 Å². The van der Waals surface area contributed by atoms with Crippen LogP contribution in [0.2, 0.25) is 0 Å². The molecule has 9 heteroatoms. The Morgan fingerprint density at radius 1 is 1.12 bits per heavy atom. The number of nitrogens with zero attached hydrogens (tertiary/aromatic N) is 5. The molecule has 1 aromatic carbocycles. The minimum atomic E-state index is -0.229. The van der Waals surface area contributed by atoms with E-state index in [0.717, 1.165) is 55.2 Å². The van der Waals surface area contributed by atoms with E-state index in [2.05, 4.69) is 20.0 Å². The van der Waals surface area contributed by atoms with Crippen molar-refractivity contribution in [1.29, 1.82) is 0 Å². The zero-order chi connectivity index (χ0) is 22.5. The Morgan fingerprint density at radius 2 is 1.97 bits per heavy atom. The van der Waals surface area contributed by atoms with Crippen molar-refractivity contribution in [2.24, 2.45) is 0 Å². The maximum absolute atomic E-state index is 12.9. The van der Waals surface area contributed by atoms with Crippen molar-refractivity contribution in [3.63, 3.8) is 0 Å². The molecule has 0 saturated carbocycles. The van der Waals surface area contributed by atoms with Gasteiger partial charge in [-0.15, -0.1) is 0 Å². The van der Waals surface area contributed by atoms with Crippen molar-refractivity contribution < 1.29 is 14.1 Å². The van der Waals surface area contributed by atoms with Crippen molar-refractivity contribution in [1.82, 2.24) is 20.0 Å². The lowest BCUT2D eigenvalue weighted by molar-refractivity contribution is -0.138. The first-order valence-corrected chi connectivity index (χ1v) is 12.5. The first-order valence-electron chi connectivity index (χ1n) is 11.4. The Bertz CT molecular complexity index is 1070. The summed E-state index contributed by atoms with van der Waals surface area (Å²) in [7, 11) is 0. The molecule has 2 fully saturated rings. The van der Waals surface area contributed by atoms with Gasteiger partial charge in [-0.3, -0.25) is 4.79 Å². The van der Waals surface area contributed by atoms with Gasteiger partial charge in [-0.2, -0.15) is 16.7 Å². The number of piperidine rings is 1. The molecule has 0 aliphatic carbocycles. The van der Waals surface area contributed by atoms with E-state index in [1.807, 2.05) is 59.1 Å². The third kappa shape index (κ3) is 5.13. The zero-order valence-electron chi connectivity index (χ0n) is 18.4. The monoisotopic (exact) mass is 465 g/mol. The molecule has 0 N–H and O–H groups in total. The number of hydrogen-bond donors (Lipinski definition) is 0. The number of aromatic nitrogens is 3. The molecule has 2 aromatic heterocycles. The number of anilines is 1. The molecule has 8 nitrogen and oxygen atoms in total. The molecule has 0 spiro atoms. The van der Waals surface area contributed by atoms with Gasteiger partial charge in [0.1, 0.15) is 17.6 Å². The molecule has 1 atom stereocenters. The lowest BCUT2D eigenvalue weighted by Crippen LogP contribution is -2.41. The highest BCUT2D eigenvalue weighted by molar-refractivity contribution is 7.99. The normalized spacial score (nSPS) is 18.8. The van der Waals surface area contributed by atoms with Crippen LogP contribution < -0.4 is 9.64 Å². The number of pyridine rings is 1. The van der Waals surface area contributed by atoms with Gasteiger partial charge >= 0.3 is 0 Å². The third-order valence-electron chi connectivity index (χ3n) is 5.99. The summed E-state index contributed by atoms with van der Waals surface area (Å²) >= 11 is 1.97. The lowest BCUT2D eigenvalue weighted by atomic mass is 10.0. The second-order valence-electron chi connectivity index (χ2n) is 8.16. The largest absolute Gasteiger partial charge is 0.484 e. The van der Waals surface area contributed by atoms with Gasteiger partial charge in [-0.1, -0.05) is 23.4 Å². The zero-order valence-corrected chi connectivity index (χ0v) is 19.2. The molecule has 33 heavy (non-hydrogen) atoms. The van der Waals surface area contributed by atoms with Gasteiger partial charge in [0, 0.05) is 42.9 Å². The predicted molar refractivity (Wildman–Crippen MR) is 127 cm³/mol. The molecular weight excluding hydrogens is 438 g/mol. The fourth-order valence-corrected chi connectivity index (χ4v) is 5.15. The van der Waals surface area contributed by atoms with Crippen molar-refractivity contribution in [2.45, 2.75) is 25.3 Å². The van der Waals surface area contributed by atoms with Gasteiger partial charge in [0.2, 0.25) is 11.7 Å². The Hall–Kier alpha value is -3.07. The molecule has 1 unspecified atom stereocenters. The first kappa shape index (κ1) is 21.8. The minimum absolute atomic E-state index is 0.0106. The summed E-state index contributed by atoms with van der Waals surface area (Å²) in [5, 5.41) is 4.23. The van der Waals surface area contributed by atoms with Crippen LogP contribution in [0.5, 0.6) is 5.75 Å². The standard InChI is InChI=1S/C24H27N5O3S/c30-22(17-31-19-6-2-1-3-7-19)29-11-5-4-8-20(29)24-26-23(27-32-24)18-9-10-25-21(16-18)28-12-14-33-15-13-28/h1-3,6-7,9-10,16,20H,4-5,8,11-15,17H2. The van der Waals surface area contributed by atoms with E-state index < -0.39 is 0 Å². The lowest BCUT2D eigenvalue weighted by Gasteiger charge is -2.33. The Labute approximate surface area is 197 Å². The van der Waals surface area contributed by atoms with Crippen LogP contribution in [0.25, 0.3) is 11.4 Å². The third-order valence-corrected chi connectivity index (χ3v) is 6.94. The maximum Gasteiger partial charge on any atom is 0.261 e. The topological polar surface area (TPSA) is 84.6 Å². The number of ether oxygens (including phenoxy) is 1. The average Bonchev–Trinajstić information content (AvgIpc) is 3.39. The van der Waals surface area contributed by atoms with Crippen LogP contribution >= 0.6 is 11.8 Å². The molecule has 2 aliphatic heterocycles. The van der Waals surface area contributed by atoms with Crippen LogP contribution in [0.4, 0.5) is 5.82 Å². The number of para-hydroxylation sites is 1. The summed E-state index contributed by atoms with van der Waals surface area (Å²) in [6.45, 7) is 2.63. The summed E-state index contributed by atoms with van der Waals surface area (Å²) in [5.41, 5.74) is 0.870. The van der Waals surface area contributed by atoms with Crippen LogP contribution in [-0.4, -0.2) is 63.7 Å². The van der Waals surface area contributed by atoms with Crippen molar-refractivity contribution in [2.75, 3.05) is 42.6 Å². The van der Waals surface area contributed by atoms with Crippen molar-refractivity contribution in [3.8, 4) is 17.1 Å². The van der Waals surface area contributed by atoms with Crippen LogP contribution in [0, 0.1) is 0 Å². The summed E-state index contributed by atoms with van der Waals surface area (Å²) in [4.78, 5) is 26.3. The smallest absolute Gasteiger partial charge is 0.261 e. The second-order valence-corrected chi connectivity index (χ2v) is 9.38. The second kappa shape index (κ2) is 10.2. The van der Waals surface area contributed by atoms with E-state index in [4.69, 9.17) is 9.26 Å². The summed E-state index contributed by atoms with van der Waals surface area (Å²) in [6, 6.07) is 13.1. The van der Waals surface area contributed by atoms with Gasteiger partial charge < -0.3 is 19.1 Å². The number of benzene rings is 1. The van der Waals surface area contributed by atoms with Crippen LogP contribution in [0.15, 0.2) is 53.2 Å². The van der Waals surface area contributed by atoms with E-state index in [-0.39, 0.29) is 18.6 Å². The minimum Gasteiger partial charge on any atom is -0.484 e. The number of thioether (sulfide) groups is 1. The molecular formula is C24H27N5O3S. The van der Waals surface area contributed by atoms with Crippen LogP contribution in [0.3, 0.4) is 0 Å². The molecule has 0 bridgehead atoms. The fraction of sp³-hybridized carbons (Fsp3) is 0.417. The first-order chi connectivity index (χ1) is 16.3. The molecule has 0 radical (unpaired) electrons. The van der Waals surface area contributed by atoms with Gasteiger partial charge in [-0.25, -0.2) is 4.98 Å². The number of carbonyl (C=O) groups excluding carboxylic acids is 1. The number of hydrogen-bond acceptors (Lipinski definition) is 8. The van der Waals surface area contributed by atoms with Crippen molar-refractivity contribution in [3.05, 3.63) is 54.6 Å². The predicted octanol–water partition coefficient (Wildman–Crippen LogP) is 3.82. The molecule has 1 amide bonds. The van der Waals surface area contributed by atoms with Gasteiger partial charge in [-0.05, 0) is 43.5 Å². The van der Waals surface area contributed by atoms with Gasteiger partial charge in [0.05, 0.1) is 0 Å². The highest BCUT2D eigenvalue weighted by Gasteiger charge is 2.32. The highest BCUT2D eigenvalue weighted by Crippen LogP contribution is 2.32. The van der Waals surface area contributed by atoms with Crippen LogP contribution in [0.1, 0.15) is 31.2 Å². The molecule has 5 rings (SSSR count). The number of carbonyl (C=O) groups is 1. The molecule has 2 saturated heterocycles. The quantitative estimate of drug-likeness (QED) is 0.543. The van der Waals surface area contributed by atoms with Crippen LogP contribution in [-0.2, 0) is 4.79 Å². The molecule has 2 aliphatic rings. The Morgan fingerprint density at radius 3 is 2.82 bits per heavy atom. The van der Waals surface area contributed by atoms with E-state index in [0.29, 0.717) is 24.0 Å². The highest BCUT2D eigenvalue weighted by atomic mass is 32.2. The molecule has 3 aromatic rings. The number of rotatable bonds is 6. The van der Waals surface area contributed by atoms with E-state index in [1.165, 1.54) is 0 Å². The maximum atomic E-state index is 12.9. The number of amides is 1. The van der Waals surface area contributed by atoms with Gasteiger partial charge in [0.15, 0.2) is 6.61 Å². The summed E-state index contributed by atoms with van der Waals surface area (Å²) in [5.74, 6) is 4.77. The van der Waals surface area contributed by atoms with E-state index in [9.17, 15) is 4.79 Å². The Balaban J connectivity index is 1.30. The average molecular weight is 466 g/mol. The summed E-state index contributed by atoms with van der Waals surface area (Å²) < 4.78 is 11.3. The van der Waals surface area contributed by atoms with Crippen molar-refractivity contribution >= 4 is 23.5 Å². The van der Waals surface area contributed by atoms with E-state index >= 15 is 0 Å². The fourth-order valence-electron chi connectivity index (χ4n) is 4.24. The number of likely N-dealkylation sites (tertiary alicyclic amines) is 1. The molecule has 4 heterocycles. The summed E-state index contributed by atoms with van der Waals surface area (Å²) in [6.07, 6.45) is 4.56. The SMILES string of the molecule is O=C(COc1ccccc1)N1CCCCC1c1nc(-c2ccnc(N3CCSCC3)c2)no1.